The Morgan fingerprint density at radius 1 is 1.14 bits per heavy atom. The summed E-state index contributed by atoms with van der Waals surface area (Å²) in [5, 5.41) is 5.78. The Hall–Kier alpha value is -3.50. The number of hydrogen-bond acceptors (Lipinski definition) is 4. The van der Waals surface area contributed by atoms with Crippen molar-refractivity contribution in [3.63, 3.8) is 0 Å². The lowest BCUT2D eigenvalue weighted by Crippen LogP contribution is -2.50. The second kappa shape index (κ2) is 12.5. The van der Waals surface area contributed by atoms with E-state index < -0.39 is 29.6 Å². The Bertz CT molecular complexity index is 1110. The van der Waals surface area contributed by atoms with E-state index in [0.29, 0.717) is 28.3 Å². The van der Waals surface area contributed by atoms with Gasteiger partial charge in [0, 0.05) is 11.6 Å². The molecule has 0 aliphatic rings. The fraction of sp³-hybridized carbons (Fsp3) is 0.393. The molecule has 2 unspecified atom stereocenters. The number of aryl methyl sites for hydroxylation is 1. The van der Waals surface area contributed by atoms with Crippen molar-refractivity contribution in [2.24, 2.45) is 0 Å². The number of halogens is 1. The van der Waals surface area contributed by atoms with E-state index in [4.69, 9.17) is 22.8 Å². The monoisotopic (exact) mass is 511 g/mol. The van der Waals surface area contributed by atoms with E-state index in [1.165, 1.54) is 4.90 Å². The fourth-order valence-corrected chi connectivity index (χ4v) is 3.84. The molecule has 0 saturated heterocycles. The summed E-state index contributed by atoms with van der Waals surface area (Å²) < 4.78 is 5.24. The quantitative estimate of drug-likeness (QED) is 0.460. The molecule has 2 rings (SSSR count). The lowest BCUT2D eigenvalue weighted by atomic mass is 9.99. The van der Waals surface area contributed by atoms with Gasteiger partial charge < -0.3 is 20.3 Å². The summed E-state index contributed by atoms with van der Waals surface area (Å²) >= 11 is 6.35. The van der Waals surface area contributed by atoms with Gasteiger partial charge in [-0.25, -0.2) is 4.79 Å². The molecule has 0 aromatic heterocycles. The summed E-state index contributed by atoms with van der Waals surface area (Å²) in [5.74, 6) is 1.68. The van der Waals surface area contributed by atoms with Crippen LogP contribution in [0.15, 0.2) is 42.5 Å². The number of alkyl carbamates (subject to hydrolysis) is 1. The van der Waals surface area contributed by atoms with Crippen molar-refractivity contribution < 1.29 is 19.1 Å². The zero-order chi connectivity index (χ0) is 27.0. The Kier molecular flexibility index (Phi) is 9.94. The average Bonchev–Trinajstić information content (AvgIpc) is 2.81. The molecule has 3 amide bonds. The third kappa shape index (κ3) is 7.76. The summed E-state index contributed by atoms with van der Waals surface area (Å²) in [6.45, 7) is 10.5. The second-order valence-electron chi connectivity index (χ2n) is 9.50. The molecule has 2 aromatic carbocycles. The summed E-state index contributed by atoms with van der Waals surface area (Å²) in [5.41, 5.74) is 1.76. The molecule has 36 heavy (non-hydrogen) atoms. The molecule has 2 N–H and O–H groups in total. The third-order valence-electron chi connectivity index (χ3n) is 5.53. The van der Waals surface area contributed by atoms with Gasteiger partial charge in [0.05, 0.1) is 10.7 Å². The molecule has 2 aromatic rings. The second-order valence-corrected chi connectivity index (χ2v) is 9.91. The van der Waals surface area contributed by atoms with Crippen molar-refractivity contribution in [3.05, 3.63) is 64.2 Å². The van der Waals surface area contributed by atoms with Gasteiger partial charge >= 0.3 is 6.09 Å². The molecule has 0 spiro atoms. The lowest BCUT2D eigenvalue weighted by molar-refractivity contribution is -0.140. The average molecular weight is 512 g/mol. The molecule has 0 bridgehead atoms. The molecular formula is C28H34ClN3O4. The number of nitrogens with one attached hydrogen (secondary N) is 2. The summed E-state index contributed by atoms with van der Waals surface area (Å²) in [6, 6.07) is 10.9. The van der Waals surface area contributed by atoms with Gasteiger partial charge in [-0.3, -0.25) is 9.59 Å². The molecule has 0 heterocycles. The smallest absolute Gasteiger partial charge is 0.408 e. The molecule has 0 fully saturated rings. The minimum Gasteiger partial charge on any atom is -0.444 e. The van der Waals surface area contributed by atoms with Gasteiger partial charge in [-0.1, -0.05) is 48.7 Å². The number of benzene rings is 2. The molecule has 0 saturated carbocycles. The number of para-hydroxylation sites is 1. The van der Waals surface area contributed by atoms with Gasteiger partial charge in [0.25, 0.3) is 5.91 Å². The van der Waals surface area contributed by atoms with Crippen molar-refractivity contribution in [1.29, 1.82) is 0 Å². The highest BCUT2D eigenvalue weighted by Gasteiger charge is 2.35. The van der Waals surface area contributed by atoms with Crippen LogP contribution < -0.4 is 10.6 Å². The van der Waals surface area contributed by atoms with E-state index in [-0.39, 0.29) is 12.6 Å². The minimum atomic E-state index is -1.00. The lowest BCUT2D eigenvalue weighted by Gasteiger charge is -2.36. The van der Waals surface area contributed by atoms with Crippen LogP contribution in [0.3, 0.4) is 0 Å². The van der Waals surface area contributed by atoms with Crippen LogP contribution in [0.25, 0.3) is 0 Å². The largest absolute Gasteiger partial charge is 0.444 e. The number of hydrogen-bond donors (Lipinski definition) is 2. The maximum atomic E-state index is 13.7. The first-order chi connectivity index (χ1) is 16.9. The van der Waals surface area contributed by atoms with Crippen molar-refractivity contribution >= 4 is 35.2 Å². The molecule has 2 atom stereocenters. The Morgan fingerprint density at radius 2 is 1.78 bits per heavy atom. The molecule has 8 heteroatoms. The van der Waals surface area contributed by atoms with E-state index >= 15 is 0 Å². The van der Waals surface area contributed by atoms with Crippen LogP contribution in [0.4, 0.5) is 10.5 Å². The highest BCUT2D eigenvalue weighted by molar-refractivity contribution is 6.34. The van der Waals surface area contributed by atoms with E-state index in [9.17, 15) is 14.4 Å². The van der Waals surface area contributed by atoms with Gasteiger partial charge in [-0.2, -0.15) is 0 Å². The van der Waals surface area contributed by atoms with E-state index in [0.717, 1.165) is 5.56 Å². The van der Waals surface area contributed by atoms with Gasteiger partial charge in [0.15, 0.2) is 0 Å². The number of nitrogens with zero attached hydrogens (tertiary/aromatic N) is 1. The SMILES string of the molecule is C#Cc1ccc(C(C(=O)Nc2c(C)cccc2Cl)N(C(=O)CNC(=O)OC(C)(C)C)C(C)CC)cc1. The van der Waals surface area contributed by atoms with Crippen molar-refractivity contribution in [2.75, 3.05) is 11.9 Å². The van der Waals surface area contributed by atoms with E-state index in [1.807, 2.05) is 26.8 Å². The first kappa shape index (κ1) is 28.7. The van der Waals surface area contributed by atoms with Crippen LogP contribution in [0.5, 0.6) is 0 Å². The molecule has 0 radical (unpaired) electrons. The third-order valence-corrected chi connectivity index (χ3v) is 5.84. The number of rotatable bonds is 8. The minimum absolute atomic E-state index is 0.326. The van der Waals surface area contributed by atoms with Crippen molar-refractivity contribution in [1.82, 2.24) is 10.2 Å². The number of terminal acetylenes is 1. The van der Waals surface area contributed by atoms with Crippen LogP contribution in [0.1, 0.15) is 63.8 Å². The van der Waals surface area contributed by atoms with Crippen LogP contribution in [0.2, 0.25) is 5.02 Å². The maximum absolute atomic E-state index is 13.7. The summed E-state index contributed by atoms with van der Waals surface area (Å²) in [4.78, 5) is 40.9. The number of carbonyl (C=O) groups excluding carboxylic acids is 3. The van der Waals surface area contributed by atoms with Gasteiger partial charge in [-0.05, 0) is 70.4 Å². The Morgan fingerprint density at radius 3 is 2.31 bits per heavy atom. The molecule has 192 valence electrons. The van der Waals surface area contributed by atoms with Crippen LogP contribution in [-0.2, 0) is 14.3 Å². The normalized spacial score (nSPS) is 12.6. The number of carbonyl (C=O) groups is 3. The maximum Gasteiger partial charge on any atom is 0.408 e. The molecular weight excluding hydrogens is 478 g/mol. The molecule has 0 aliphatic carbocycles. The topological polar surface area (TPSA) is 87.7 Å². The highest BCUT2D eigenvalue weighted by atomic mass is 35.5. The summed E-state index contributed by atoms with van der Waals surface area (Å²) in [7, 11) is 0. The Labute approximate surface area is 218 Å². The number of anilines is 1. The van der Waals surface area contributed by atoms with Crippen molar-refractivity contribution in [3.8, 4) is 12.3 Å². The van der Waals surface area contributed by atoms with Gasteiger partial charge in [0.2, 0.25) is 5.91 Å². The van der Waals surface area contributed by atoms with Crippen molar-refractivity contribution in [2.45, 2.75) is 65.6 Å². The van der Waals surface area contributed by atoms with Crippen LogP contribution in [-0.4, -0.2) is 41.0 Å². The van der Waals surface area contributed by atoms with E-state index in [2.05, 4.69) is 16.6 Å². The Balaban J connectivity index is 2.46. The first-order valence-electron chi connectivity index (χ1n) is 11.8. The fourth-order valence-electron chi connectivity index (χ4n) is 3.58. The molecule has 0 aliphatic heterocycles. The predicted molar refractivity (Wildman–Crippen MR) is 143 cm³/mol. The van der Waals surface area contributed by atoms with E-state index in [1.54, 1.807) is 57.2 Å². The van der Waals surface area contributed by atoms with Crippen LogP contribution >= 0.6 is 11.6 Å². The van der Waals surface area contributed by atoms with Gasteiger partial charge in [0.1, 0.15) is 18.2 Å². The molecule has 7 nitrogen and oxygen atoms in total. The highest BCUT2D eigenvalue weighted by Crippen LogP contribution is 2.30. The zero-order valence-corrected chi connectivity index (χ0v) is 22.4. The number of ether oxygens (including phenoxy) is 1. The standard InChI is InChI=1S/C28H34ClN3O4/c1-8-19(4)32(23(33)17-30-27(35)36-28(5,6)7)25(21-15-13-20(9-2)14-16-21)26(34)31-24-18(3)11-10-12-22(24)29/h2,10-16,19,25H,8,17H2,1,3-7H3,(H,30,35)(H,31,34). The van der Waals surface area contributed by atoms with Gasteiger partial charge in [-0.15, -0.1) is 6.42 Å². The zero-order valence-electron chi connectivity index (χ0n) is 21.6. The predicted octanol–water partition coefficient (Wildman–Crippen LogP) is 5.46. The summed E-state index contributed by atoms with van der Waals surface area (Å²) in [6.07, 6.45) is 5.36. The van der Waals surface area contributed by atoms with Crippen LogP contribution in [0, 0.1) is 19.3 Å². The first-order valence-corrected chi connectivity index (χ1v) is 12.2. The number of amides is 3.